The fourth-order valence-corrected chi connectivity index (χ4v) is 1.16. The summed E-state index contributed by atoms with van der Waals surface area (Å²) in [7, 11) is 1.72. The molecule has 1 N–H and O–H groups in total. The van der Waals surface area contributed by atoms with Crippen LogP contribution in [0.15, 0.2) is 24.3 Å². The van der Waals surface area contributed by atoms with Crippen molar-refractivity contribution in [3.8, 4) is 0 Å². The van der Waals surface area contributed by atoms with Gasteiger partial charge in [0.15, 0.2) is 0 Å². The number of carbonyl (C=O) groups is 1. The van der Waals surface area contributed by atoms with Gasteiger partial charge < -0.3 is 5.32 Å². The minimum atomic E-state index is -0.359. The molecule has 0 aliphatic carbocycles. The lowest BCUT2D eigenvalue weighted by Crippen LogP contribution is -2.27. The van der Waals surface area contributed by atoms with Crippen LogP contribution >= 0.6 is 0 Å². The van der Waals surface area contributed by atoms with Crippen molar-refractivity contribution in [2.24, 2.45) is 0 Å². The minimum absolute atomic E-state index is 0.359. The van der Waals surface area contributed by atoms with E-state index in [0.29, 0.717) is 11.4 Å². The number of carbonyl (C=O) groups excluding carboxylic acids is 2. The molecule has 0 aliphatic rings. The molecule has 14 heavy (non-hydrogen) atoms. The van der Waals surface area contributed by atoms with Crippen molar-refractivity contribution in [2.45, 2.75) is 6.92 Å². The maximum atomic E-state index is 11.1. The number of anilines is 2. The van der Waals surface area contributed by atoms with Crippen LogP contribution < -0.4 is 10.2 Å². The summed E-state index contributed by atoms with van der Waals surface area (Å²) < 4.78 is 0. The summed E-state index contributed by atoms with van der Waals surface area (Å²) in [6, 6.07) is 7.03. The van der Waals surface area contributed by atoms with E-state index in [4.69, 9.17) is 0 Å². The number of rotatable bonds is 3. The zero-order valence-electron chi connectivity index (χ0n) is 8.07. The van der Waals surface area contributed by atoms with Crippen molar-refractivity contribution < 1.29 is 9.59 Å². The molecule has 0 aromatic heterocycles. The normalized spacial score (nSPS) is 9.29. The Balaban J connectivity index is 3.15. The van der Waals surface area contributed by atoms with Gasteiger partial charge in [0, 0.05) is 14.0 Å². The number of para-hydroxylation sites is 2. The van der Waals surface area contributed by atoms with E-state index in [-0.39, 0.29) is 5.91 Å². The summed E-state index contributed by atoms with van der Waals surface area (Å²) in [6.07, 6.45) is 1.59. The van der Waals surface area contributed by atoms with Gasteiger partial charge in [0.1, 0.15) is 0 Å². The Morgan fingerprint density at radius 1 is 1.43 bits per heavy atom. The van der Waals surface area contributed by atoms with E-state index in [2.05, 4.69) is 5.32 Å². The first-order valence-corrected chi connectivity index (χ1v) is 4.16. The predicted molar refractivity (Wildman–Crippen MR) is 54.8 cm³/mol. The molecule has 0 unspecified atom stereocenters. The van der Waals surface area contributed by atoms with Crippen molar-refractivity contribution >= 4 is 23.7 Å². The van der Waals surface area contributed by atoms with E-state index in [1.807, 2.05) is 6.07 Å². The highest BCUT2D eigenvalue weighted by molar-refractivity contribution is 6.08. The molecular formula is C10H11N2O2. The second kappa shape index (κ2) is 4.41. The predicted octanol–water partition coefficient (Wildman–Crippen LogP) is 1.15. The minimum Gasteiger partial charge on any atom is -0.386 e. The number of nitrogens with zero attached hydrogens (tertiary/aromatic N) is 1. The average Bonchev–Trinajstić information content (AvgIpc) is 2.19. The molecule has 0 aliphatic heterocycles. The van der Waals surface area contributed by atoms with Crippen molar-refractivity contribution in [3.63, 3.8) is 0 Å². The maximum absolute atomic E-state index is 11.1. The number of hydrogen-bond acceptors (Lipinski definition) is 3. The first-order valence-electron chi connectivity index (χ1n) is 4.16. The van der Waals surface area contributed by atoms with Crippen molar-refractivity contribution in [1.82, 2.24) is 0 Å². The summed E-state index contributed by atoms with van der Waals surface area (Å²) in [6.45, 7) is 1.32. The lowest BCUT2D eigenvalue weighted by Gasteiger charge is -2.15. The number of hydrogen-bond donors (Lipinski definition) is 1. The van der Waals surface area contributed by atoms with E-state index < -0.39 is 0 Å². The number of nitrogens with one attached hydrogen (secondary N) is 1. The van der Waals surface area contributed by atoms with E-state index in [0.717, 1.165) is 4.90 Å². The lowest BCUT2D eigenvalue weighted by atomic mass is 10.2. The summed E-state index contributed by atoms with van der Waals surface area (Å²) in [5, 5.41) is 2.89. The molecule has 1 aromatic rings. The summed E-state index contributed by atoms with van der Waals surface area (Å²) in [5.74, 6) is -0.359. The van der Waals surface area contributed by atoms with Gasteiger partial charge >= 0.3 is 6.41 Å². The standard InChI is InChI=1S/C10H11N2O2/c1-8(14)12(7-13)10-6-4-3-5-9(10)11-2/h3-6,11H,1-2H3. The molecule has 1 aromatic carbocycles. The van der Waals surface area contributed by atoms with Crippen molar-refractivity contribution in [1.29, 1.82) is 0 Å². The summed E-state index contributed by atoms with van der Waals surface area (Å²) in [4.78, 5) is 22.6. The Morgan fingerprint density at radius 2 is 2.07 bits per heavy atom. The molecule has 0 spiro atoms. The molecule has 0 bridgehead atoms. The Bertz CT molecular complexity index is 350. The van der Waals surface area contributed by atoms with E-state index >= 15 is 0 Å². The fraction of sp³-hybridized carbons (Fsp3) is 0.200. The fourth-order valence-electron chi connectivity index (χ4n) is 1.16. The van der Waals surface area contributed by atoms with Crippen LogP contribution in [0.1, 0.15) is 6.92 Å². The first-order chi connectivity index (χ1) is 6.70. The maximum Gasteiger partial charge on any atom is 0.324 e. The van der Waals surface area contributed by atoms with E-state index in [9.17, 15) is 9.59 Å². The number of amides is 2. The van der Waals surface area contributed by atoms with Crippen LogP contribution in [0, 0.1) is 0 Å². The van der Waals surface area contributed by atoms with Crippen LogP contribution in [-0.4, -0.2) is 19.4 Å². The third kappa shape index (κ3) is 1.90. The first kappa shape index (κ1) is 10.2. The molecule has 2 amide bonds. The molecule has 73 valence electrons. The van der Waals surface area contributed by atoms with Gasteiger partial charge in [-0.05, 0) is 12.1 Å². The van der Waals surface area contributed by atoms with Crippen LogP contribution in [0.4, 0.5) is 11.4 Å². The Kier molecular flexibility index (Phi) is 3.23. The van der Waals surface area contributed by atoms with Gasteiger partial charge in [0.2, 0.25) is 5.91 Å². The molecule has 0 saturated carbocycles. The average molecular weight is 191 g/mol. The quantitative estimate of drug-likeness (QED) is 0.729. The second-order valence-electron chi connectivity index (χ2n) is 2.71. The number of imide groups is 1. The molecule has 0 fully saturated rings. The molecule has 0 saturated heterocycles. The van der Waals surface area contributed by atoms with Gasteiger partial charge in [-0.3, -0.25) is 9.59 Å². The molecule has 4 nitrogen and oxygen atoms in total. The van der Waals surface area contributed by atoms with Gasteiger partial charge in [-0.15, -0.1) is 0 Å². The molecule has 1 rings (SSSR count). The molecular weight excluding hydrogens is 180 g/mol. The third-order valence-corrected chi connectivity index (χ3v) is 1.82. The smallest absolute Gasteiger partial charge is 0.324 e. The largest absolute Gasteiger partial charge is 0.386 e. The second-order valence-corrected chi connectivity index (χ2v) is 2.71. The topological polar surface area (TPSA) is 49.4 Å². The third-order valence-electron chi connectivity index (χ3n) is 1.82. The van der Waals surface area contributed by atoms with E-state index in [1.165, 1.54) is 6.92 Å². The highest BCUT2D eigenvalue weighted by Gasteiger charge is 2.13. The van der Waals surface area contributed by atoms with Crippen LogP contribution in [0.3, 0.4) is 0 Å². The number of benzene rings is 1. The van der Waals surface area contributed by atoms with Crippen molar-refractivity contribution in [2.75, 3.05) is 17.3 Å². The zero-order chi connectivity index (χ0) is 10.6. The summed E-state index contributed by atoms with van der Waals surface area (Å²) in [5.41, 5.74) is 1.23. The Morgan fingerprint density at radius 3 is 2.57 bits per heavy atom. The zero-order valence-corrected chi connectivity index (χ0v) is 8.07. The molecule has 4 heteroatoms. The Hall–Kier alpha value is -1.84. The molecule has 1 radical (unpaired) electrons. The van der Waals surface area contributed by atoms with Gasteiger partial charge in [-0.2, -0.15) is 0 Å². The Labute approximate surface area is 82.5 Å². The lowest BCUT2D eigenvalue weighted by molar-refractivity contribution is -0.115. The van der Waals surface area contributed by atoms with Crippen LogP contribution in [-0.2, 0) is 9.59 Å². The SMILES string of the molecule is CNc1ccccc1N([C]=O)C(C)=O. The monoisotopic (exact) mass is 191 g/mol. The van der Waals surface area contributed by atoms with Crippen LogP contribution in [0.2, 0.25) is 0 Å². The highest BCUT2D eigenvalue weighted by Crippen LogP contribution is 2.23. The van der Waals surface area contributed by atoms with Crippen LogP contribution in [0.25, 0.3) is 0 Å². The van der Waals surface area contributed by atoms with Gasteiger partial charge in [-0.25, -0.2) is 4.90 Å². The molecule has 0 heterocycles. The van der Waals surface area contributed by atoms with Gasteiger partial charge in [-0.1, -0.05) is 12.1 Å². The van der Waals surface area contributed by atoms with Gasteiger partial charge in [0.05, 0.1) is 11.4 Å². The van der Waals surface area contributed by atoms with Crippen molar-refractivity contribution in [3.05, 3.63) is 24.3 Å². The van der Waals surface area contributed by atoms with E-state index in [1.54, 1.807) is 31.7 Å². The van der Waals surface area contributed by atoms with Gasteiger partial charge in [0.25, 0.3) is 0 Å². The summed E-state index contributed by atoms with van der Waals surface area (Å²) >= 11 is 0. The molecule has 0 atom stereocenters. The van der Waals surface area contributed by atoms with Crippen LogP contribution in [0.5, 0.6) is 0 Å². The highest BCUT2D eigenvalue weighted by atomic mass is 16.2.